The lowest BCUT2D eigenvalue weighted by Gasteiger charge is -2.35. The van der Waals surface area contributed by atoms with Crippen LogP contribution in [-0.4, -0.2) is 122 Å². The molecule has 0 N–H and O–H groups in total. The van der Waals surface area contributed by atoms with Crippen molar-refractivity contribution in [2.75, 3.05) is 33.0 Å². The van der Waals surface area contributed by atoms with Gasteiger partial charge < -0.3 is 47.4 Å². The minimum Gasteiger partial charge on any atom is -0.465 e. The Kier molecular flexibility index (Phi) is 25.8. The molecule has 0 radical (unpaired) electrons. The Hall–Kier alpha value is -5.30. The molecule has 0 spiro atoms. The van der Waals surface area contributed by atoms with E-state index in [-0.39, 0.29) is 79.2 Å². The van der Waals surface area contributed by atoms with Gasteiger partial charge in [-0.3, -0.25) is 38.4 Å². The maximum Gasteiger partial charge on any atom is 0.348 e. The van der Waals surface area contributed by atoms with Crippen molar-refractivity contribution in [3.8, 4) is 0 Å². The number of hydrogen-bond donors (Lipinski definition) is 0. The summed E-state index contributed by atoms with van der Waals surface area (Å²) in [5, 5.41) is 0. The van der Waals surface area contributed by atoms with Gasteiger partial charge in [-0.05, 0) is 122 Å². The molecule has 5 heterocycles. The van der Waals surface area contributed by atoms with Crippen LogP contribution in [0.4, 0.5) is 0 Å². The topological polar surface area (TPSA) is 263 Å². The molecule has 442 valence electrons. The summed E-state index contributed by atoms with van der Waals surface area (Å²) in [7, 11) is 0. The Morgan fingerprint density at radius 2 is 0.961 bits per heavy atom. The lowest BCUT2D eigenvalue weighted by molar-refractivity contribution is -0.182. The highest BCUT2D eigenvalue weighted by Crippen LogP contribution is 2.36. The van der Waals surface area contributed by atoms with Gasteiger partial charge in [0.25, 0.3) is 0 Å². The van der Waals surface area contributed by atoms with Gasteiger partial charge in [0.05, 0.1) is 66.2 Å². The van der Waals surface area contributed by atoms with E-state index in [0.717, 1.165) is 6.42 Å². The van der Waals surface area contributed by atoms with Crippen molar-refractivity contribution in [1.82, 2.24) is 0 Å². The highest BCUT2D eigenvalue weighted by Gasteiger charge is 2.48. The van der Waals surface area contributed by atoms with Crippen molar-refractivity contribution in [1.29, 1.82) is 0 Å². The number of cyclic esters (lactones) is 5. The van der Waals surface area contributed by atoms with Gasteiger partial charge in [0.1, 0.15) is 30.5 Å². The van der Waals surface area contributed by atoms with Crippen LogP contribution in [0, 0.1) is 38.4 Å². The number of carbonyl (C=O) groups excluding carboxylic acids is 10. The van der Waals surface area contributed by atoms with Crippen LogP contribution in [0.25, 0.3) is 0 Å². The number of rotatable bonds is 16. The zero-order valence-corrected chi connectivity index (χ0v) is 50.1. The standard InChI is InChI=1S/C13H22O4.2C12H20O4.2C10H16O4/c1-6-12(2,3)11(15)17-13(4,5)9-7-10(14)16-8-9;1-6-11(2,3)10(14)16-8-9(13)15-7-12(8,4)5;1-5-11(2,3)10(14)16-12(4)6-7-15-9(13)8-12;1-4-10(2,3)9(12)14-7-5-8(11)13-6-7;1-4-10(2,3)9(12)14-7-5-6-13-8(7)11/h9H,6-8H2,1-5H3;8H,6-7H2,1-5H3;5-8H2,1-4H3;2*7H,4-6H2,1-3H3. The molecule has 0 aromatic rings. The lowest BCUT2D eigenvalue weighted by Crippen LogP contribution is -2.43. The molecule has 5 atom stereocenters. The van der Waals surface area contributed by atoms with Crippen molar-refractivity contribution in [3.05, 3.63) is 0 Å². The Balaban J connectivity index is 0.000000482. The molecule has 5 saturated heterocycles. The third kappa shape index (κ3) is 21.8. The monoisotopic (exact) mass is 1100 g/mol. The summed E-state index contributed by atoms with van der Waals surface area (Å²) in [5.74, 6) is -3.11. The second kappa shape index (κ2) is 28.5. The third-order valence-electron chi connectivity index (χ3n) is 15.1. The number of esters is 10. The van der Waals surface area contributed by atoms with Crippen LogP contribution in [0.15, 0.2) is 0 Å². The molecule has 5 aliphatic heterocycles. The fourth-order valence-corrected chi connectivity index (χ4v) is 6.37. The number of ether oxygens (including phenoxy) is 10. The van der Waals surface area contributed by atoms with E-state index in [1.165, 1.54) is 0 Å². The first-order valence-electron chi connectivity index (χ1n) is 27.0. The average Bonchev–Trinajstić information content (AvgIpc) is 4.14. The summed E-state index contributed by atoms with van der Waals surface area (Å²) < 4.78 is 50.6. The average molecular weight is 1100 g/mol. The Morgan fingerprint density at radius 1 is 0.506 bits per heavy atom. The summed E-state index contributed by atoms with van der Waals surface area (Å²) in [6.07, 6.45) is 3.38. The second-order valence-corrected chi connectivity index (χ2v) is 24.9. The van der Waals surface area contributed by atoms with Crippen LogP contribution in [0.1, 0.15) is 203 Å². The summed E-state index contributed by atoms with van der Waals surface area (Å²) in [6.45, 7) is 38.6. The van der Waals surface area contributed by atoms with Crippen molar-refractivity contribution < 1.29 is 95.3 Å². The first-order chi connectivity index (χ1) is 35.1. The van der Waals surface area contributed by atoms with Gasteiger partial charge in [0.2, 0.25) is 12.2 Å². The molecular formula is C57H94O20. The second-order valence-electron chi connectivity index (χ2n) is 24.9. The Labute approximate surface area is 457 Å². The van der Waals surface area contributed by atoms with E-state index in [2.05, 4.69) is 0 Å². The van der Waals surface area contributed by atoms with Crippen molar-refractivity contribution >= 4 is 59.7 Å². The molecule has 5 fully saturated rings. The van der Waals surface area contributed by atoms with Gasteiger partial charge in [0, 0.05) is 24.2 Å². The summed E-state index contributed by atoms with van der Waals surface area (Å²) >= 11 is 0. The maximum absolute atomic E-state index is 12.0. The molecule has 5 rings (SSSR count). The van der Waals surface area contributed by atoms with Gasteiger partial charge in [-0.25, -0.2) is 9.59 Å². The molecule has 0 amide bonds. The van der Waals surface area contributed by atoms with Crippen molar-refractivity contribution in [3.63, 3.8) is 0 Å². The van der Waals surface area contributed by atoms with Gasteiger partial charge >= 0.3 is 59.7 Å². The fraction of sp³-hybridized carbons (Fsp3) is 0.825. The Bertz CT molecular complexity index is 2080. The molecule has 0 aromatic carbocycles. The molecule has 0 aromatic heterocycles. The van der Waals surface area contributed by atoms with Crippen LogP contribution in [0.3, 0.4) is 0 Å². The van der Waals surface area contributed by atoms with E-state index in [9.17, 15) is 47.9 Å². The highest BCUT2D eigenvalue weighted by molar-refractivity contribution is 5.84. The largest absolute Gasteiger partial charge is 0.465 e. The molecule has 5 aliphatic rings. The van der Waals surface area contributed by atoms with E-state index in [1.807, 2.05) is 118 Å². The predicted octanol–water partition coefficient (Wildman–Crippen LogP) is 8.85. The molecular weight excluding hydrogens is 1000 g/mol. The van der Waals surface area contributed by atoms with Crippen LogP contribution >= 0.6 is 0 Å². The third-order valence-corrected chi connectivity index (χ3v) is 15.1. The van der Waals surface area contributed by atoms with E-state index in [1.54, 1.807) is 20.8 Å². The van der Waals surface area contributed by atoms with Gasteiger partial charge in [0.15, 0.2) is 0 Å². The van der Waals surface area contributed by atoms with Crippen molar-refractivity contribution in [2.45, 2.75) is 232 Å². The SMILES string of the molecule is CCC(C)(C)C(=O)OC(C)(C)C1COC(=O)C1.CCC(C)(C)C(=O)OC1(C)CCOC(=O)C1.CCC(C)(C)C(=O)OC1C(=O)OCC1(C)C.CCC(C)(C)C(=O)OC1CCOC1=O.CCC(C)(C)C(=O)OC1COC(=O)C1. The lowest BCUT2D eigenvalue weighted by atomic mass is 9.87. The van der Waals surface area contributed by atoms with E-state index < -0.39 is 67.8 Å². The highest BCUT2D eigenvalue weighted by atomic mass is 16.6. The summed E-state index contributed by atoms with van der Waals surface area (Å²) in [4.78, 5) is 114. The molecule has 0 bridgehead atoms. The van der Waals surface area contributed by atoms with E-state index in [4.69, 9.17) is 47.4 Å². The van der Waals surface area contributed by atoms with Gasteiger partial charge in [-0.15, -0.1) is 0 Å². The van der Waals surface area contributed by atoms with E-state index in [0.29, 0.717) is 71.4 Å². The predicted molar refractivity (Wildman–Crippen MR) is 280 cm³/mol. The smallest absolute Gasteiger partial charge is 0.348 e. The molecule has 0 saturated carbocycles. The van der Waals surface area contributed by atoms with Crippen molar-refractivity contribution in [2.24, 2.45) is 38.4 Å². The minimum atomic E-state index is -0.772. The molecule has 5 unspecified atom stereocenters. The normalized spacial score (nSPS) is 23.1. The van der Waals surface area contributed by atoms with E-state index >= 15 is 0 Å². The first kappa shape index (κ1) is 69.7. The molecule has 20 nitrogen and oxygen atoms in total. The number of carbonyl (C=O) groups is 10. The summed E-state index contributed by atoms with van der Waals surface area (Å²) in [6, 6.07) is 0. The quantitative estimate of drug-likeness (QED) is 0.103. The molecule has 0 aliphatic carbocycles. The van der Waals surface area contributed by atoms with Gasteiger partial charge in [-0.2, -0.15) is 0 Å². The van der Waals surface area contributed by atoms with Crippen LogP contribution < -0.4 is 0 Å². The first-order valence-corrected chi connectivity index (χ1v) is 27.0. The van der Waals surface area contributed by atoms with Crippen LogP contribution in [0.5, 0.6) is 0 Å². The minimum absolute atomic E-state index is 0.0494. The zero-order chi connectivity index (χ0) is 59.8. The number of hydrogen-bond acceptors (Lipinski definition) is 20. The van der Waals surface area contributed by atoms with Crippen LogP contribution in [0.2, 0.25) is 0 Å². The molecule has 20 heteroatoms. The maximum atomic E-state index is 12.0. The van der Waals surface area contributed by atoms with Crippen LogP contribution in [-0.2, 0) is 95.3 Å². The Morgan fingerprint density at radius 3 is 1.36 bits per heavy atom. The molecule has 77 heavy (non-hydrogen) atoms. The fourth-order valence-electron chi connectivity index (χ4n) is 6.37. The van der Waals surface area contributed by atoms with Gasteiger partial charge in [-0.1, -0.05) is 48.5 Å². The summed E-state index contributed by atoms with van der Waals surface area (Å²) in [5.41, 5.74) is -4.33. The zero-order valence-electron chi connectivity index (χ0n) is 50.1.